The van der Waals surface area contributed by atoms with Crippen LogP contribution in [0.3, 0.4) is 0 Å². The molecule has 0 heterocycles. The van der Waals surface area contributed by atoms with Gasteiger partial charge in [0.05, 0.1) is 12.1 Å². The molecule has 4 heteroatoms. The molecule has 0 aliphatic rings. The summed E-state index contributed by atoms with van der Waals surface area (Å²) in [6.07, 6.45) is 0.353. The number of amides is 1. The third-order valence-corrected chi connectivity index (χ3v) is 3.35. The Hall–Kier alpha value is -2.62. The molecule has 0 unspecified atom stereocenters. The summed E-state index contributed by atoms with van der Waals surface area (Å²) in [6.45, 7) is 3.71. The molecule has 1 amide bonds. The third kappa shape index (κ3) is 3.92. The van der Waals surface area contributed by atoms with Gasteiger partial charge in [-0.2, -0.15) is 0 Å². The van der Waals surface area contributed by atoms with Crippen LogP contribution >= 0.6 is 0 Å². The van der Waals surface area contributed by atoms with E-state index < -0.39 is 0 Å². The van der Waals surface area contributed by atoms with Crippen molar-refractivity contribution in [2.24, 2.45) is 5.16 Å². The molecule has 0 spiro atoms. The molecule has 0 fully saturated rings. The number of benzene rings is 2. The van der Waals surface area contributed by atoms with Gasteiger partial charge in [0, 0.05) is 5.69 Å². The van der Waals surface area contributed by atoms with Gasteiger partial charge in [-0.05, 0) is 42.7 Å². The SMILES string of the molecule is C/C(=N\O)c1ccc(NC(=O)Cc2ccccc2C)cc1. The Labute approximate surface area is 124 Å². The smallest absolute Gasteiger partial charge is 0.228 e. The van der Waals surface area contributed by atoms with Crippen LogP contribution in [0, 0.1) is 6.92 Å². The molecule has 2 N–H and O–H groups in total. The minimum absolute atomic E-state index is 0.0513. The lowest BCUT2D eigenvalue weighted by atomic mass is 10.1. The maximum absolute atomic E-state index is 12.0. The summed E-state index contributed by atoms with van der Waals surface area (Å²) in [5, 5.41) is 14.7. The zero-order valence-electron chi connectivity index (χ0n) is 12.1. The van der Waals surface area contributed by atoms with Crippen molar-refractivity contribution in [3.8, 4) is 0 Å². The van der Waals surface area contributed by atoms with Crippen molar-refractivity contribution in [1.29, 1.82) is 0 Å². The Kier molecular flexibility index (Phi) is 4.72. The molecule has 2 aromatic rings. The van der Waals surface area contributed by atoms with Crippen molar-refractivity contribution in [2.45, 2.75) is 20.3 Å². The first kappa shape index (κ1) is 14.8. The first-order chi connectivity index (χ1) is 10.1. The molecular formula is C17H18N2O2. The van der Waals surface area contributed by atoms with E-state index in [1.807, 2.05) is 31.2 Å². The number of nitrogens with zero attached hydrogens (tertiary/aromatic N) is 1. The van der Waals surface area contributed by atoms with Gasteiger partial charge in [-0.25, -0.2) is 0 Å². The van der Waals surface area contributed by atoms with E-state index in [1.165, 1.54) is 0 Å². The minimum atomic E-state index is -0.0513. The molecule has 108 valence electrons. The summed E-state index contributed by atoms with van der Waals surface area (Å²) in [5.41, 5.74) is 4.21. The first-order valence-corrected chi connectivity index (χ1v) is 6.73. The van der Waals surface area contributed by atoms with Gasteiger partial charge in [-0.1, -0.05) is 41.6 Å². The van der Waals surface area contributed by atoms with Gasteiger partial charge in [-0.3, -0.25) is 4.79 Å². The van der Waals surface area contributed by atoms with Crippen LogP contribution in [0.2, 0.25) is 0 Å². The van der Waals surface area contributed by atoms with Gasteiger partial charge in [0.15, 0.2) is 0 Å². The molecule has 0 aliphatic heterocycles. The molecule has 0 saturated carbocycles. The van der Waals surface area contributed by atoms with Crippen molar-refractivity contribution in [3.05, 3.63) is 65.2 Å². The van der Waals surface area contributed by atoms with Crippen LogP contribution in [0.15, 0.2) is 53.7 Å². The summed E-state index contributed by atoms with van der Waals surface area (Å²) >= 11 is 0. The quantitative estimate of drug-likeness (QED) is 0.513. The van der Waals surface area contributed by atoms with E-state index in [9.17, 15) is 4.79 Å². The number of aryl methyl sites for hydroxylation is 1. The summed E-state index contributed by atoms with van der Waals surface area (Å²) in [4.78, 5) is 12.0. The molecule has 0 aromatic heterocycles. The van der Waals surface area contributed by atoms with Crippen molar-refractivity contribution in [3.63, 3.8) is 0 Å². The Balaban J connectivity index is 2.02. The topological polar surface area (TPSA) is 61.7 Å². The van der Waals surface area contributed by atoms with Gasteiger partial charge in [-0.15, -0.1) is 0 Å². The van der Waals surface area contributed by atoms with Crippen LogP contribution in [0.5, 0.6) is 0 Å². The van der Waals surface area contributed by atoms with Gasteiger partial charge >= 0.3 is 0 Å². The number of rotatable bonds is 4. The fourth-order valence-corrected chi connectivity index (χ4v) is 2.04. The second kappa shape index (κ2) is 6.70. The summed E-state index contributed by atoms with van der Waals surface area (Å²) in [7, 11) is 0. The average Bonchev–Trinajstić information content (AvgIpc) is 2.49. The Morgan fingerprint density at radius 2 is 1.81 bits per heavy atom. The van der Waals surface area contributed by atoms with Gasteiger partial charge in [0.1, 0.15) is 0 Å². The van der Waals surface area contributed by atoms with Gasteiger partial charge < -0.3 is 10.5 Å². The standard InChI is InChI=1S/C17H18N2O2/c1-12-5-3-4-6-15(12)11-17(20)18-16-9-7-14(8-10-16)13(2)19-21/h3-10,21H,11H2,1-2H3,(H,18,20)/b19-13+. The Morgan fingerprint density at radius 3 is 2.43 bits per heavy atom. The number of nitrogens with one attached hydrogen (secondary N) is 1. The number of anilines is 1. The predicted octanol–water partition coefficient (Wildman–Crippen LogP) is 3.37. The minimum Gasteiger partial charge on any atom is -0.411 e. The van der Waals surface area contributed by atoms with E-state index in [1.54, 1.807) is 31.2 Å². The zero-order valence-corrected chi connectivity index (χ0v) is 12.1. The molecule has 21 heavy (non-hydrogen) atoms. The maximum atomic E-state index is 12.0. The highest BCUT2D eigenvalue weighted by molar-refractivity contribution is 5.99. The van der Waals surface area contributed by atoms with Gasteiger partial charge in [0.2, 0.25) is 5.91 Å². The molecule has 0 saturated heterocycles. The molecule has 4 nitrogen and oxygen atoms in total. The molecule has 0 atom stereocenters. The molecule has 2 aromatic carbocycles. The molecular weight excluding hydrogens is 264 g/mol. The number of oxime groups is 1. The largest absolute Gasteiger partial charge is 0.411 e. The lowest BCUT2D eigenvalue weighted by Gasteiger charge is -2.08. The number of hydrogen-bond acceptors (Lipinski definition) is 3. The van der Waals surface area contributed by atoms with E-state index in [0.717, 1.165) is 22.4 Å². The van der Waals surface area contributed by atoms with E-state index in [2.05, 4.69) is 10.5 Å². The first-order valence-electron chi connectivity index (χ1n) is 6.73. The average molecular weight is 282 g/mol. The van der Waals surface area contributed by atoms with E-state index in [4.69, 9.17) is 5.21 Å². The molecule has 0 aliphatic carbocycles. The third-order valence-electron chi connectivity index (χ3n) is 3.35. The molecule has 0 radical (unpaired) electrons. The Morgan fingerprint density at radius 1 is 1.14 bits per heavy atom. The number of carbonyl (C=O) groups is 1. The predicted molar refractivity (Wildman–Crippen MR) is 84.0 cm³/mol. The fraction of sp³-hybridized carbons (Fsp3) is 0.176. The van der Waals surface area contributed by atoms with Crippen LogP contribution < -0.4 is 5.32 Å². The lowest BCUT2D eigenvalue weighted by Crippen LogP contribution is -2.15. The highest BCUT2D eigenvalue weighted by atomic mass is 16.4. The second-order valence-electron chi connectivity index (χ2n) is 4.91. The summed E-state index contributed by atoms with van der Waals surface area (Å²) in [6, 6.07) is 15.0. The van der Waals surface area contributed by atoms with Crippen LogP contribution in [0.1, 0.15) is 23.6 Å². The van der Waals surface area contributed by atoms with Crippen molar-refractivity contribution in [2.75, 3.05) is 5.32 Å². The monoisotopic (exact) mass is 282 g/mol. The van der Waals surface area contributed by atoms with Crippen molar-refractivity contribution < 1.29 is 10.0 Å². The van der Waals surface area contributed by atoms with E-state index in [-0.39, 0.29) is 5.91 Å². The zero-order chi connectivity index (χ0) is 15.2. The summed E-state index contributed by atoms with van der Waals surface area (Å²) < 4.78 is 0. The molecule has 0 bridgehead atoms. The highest BCUT2D eigenvalue weighted by Crippen LogP contribution is 2.12. The van der Waals surface area contributed by atoms with Crippen LogP contribution in [-0.4, -0.2) is 16.8 Å². The Bertz CT molecular complexity index is 661. The molecule has 2 rings (SSSR count). The maximum Gasteiger partial charge on any atom is 0.228 e. The number of carbonyl (C=O) groups excluding carboxylic acids is 1. The lowest BCUT2D eigenvalue weighted by molar-refractivity contribution is -0.115. The number of hydrogen-bond donors (Lipinski definition) is 2. The fourth-order valence-electron chi connectivity index (χ4n) is 2.04. The normalized spacial score (nSPS) is 11.2. The van der Waals surface area contributed by atoms with Crippen LogP contribution in [-0.2, 0) is 11.2 Å². The van der Waals surface area contributed by atoms with E-state index >= 15 is 0 Å². The van der Waals surface area contributed by atoms with E-state index in [0.29, 0.717) is 12.1 Å². The van der Waals surface area contributed by atoms with Crippen molar-refractivity contribution in [1.82, 2.24) is 0 Å². The highest BCUT2D eigenvalue weighted by Gasteiger charge is 2.06. The van der Waals surface area contributed by atoms with Crippen molar-refractivity contribution >= 4 is 17.3 Å². The van der Waals surface area contributed by atoms with Crippen LogP contribution in [0.4, 0.5) is 5.69 Å². The van der Waals surface area contributed by atoms with Crippen LogP contribution in [0.25, 0.3) is 0 Å². The van der Waals surface area contributed by atoms with Gasteiger partial charge in [0.25, 0.3) is 0 Å². The second-order valence-corrected chi connectivity index (χ2v) is 4.91. The summed E-state index contributed by atoms with van der Waals surface area (Å²) in [5.74, 6) is -0.0513.